The number of nitrogens with one attached hydrogen (secondary N) is 1. The molecule has 6 heteroatoms. The molecule has 1 aliphatic heterocycles. The number of fused-ring (bicyclic) bond motifs is 1. The lowest BCUT2D eigenvalue weighted by atomic mass is 10.0. The third kappa shape index (κ3) is 2.23. The maximum atomic E-state index is 6.40. The molecule has 1 fully saturated rings. The van der Waals surface area contributed by atoms with Crippen molar-refractivity contribution < 1.29 is 0 Å². The third-order valence-corrected chi connectivity index (χ3v) is 4.89. The number of pyridine rings is 1. The fourth-order valence-electron chi connectivity index (χ4n) is 2.97. The molecule has 0 bridgehead atoms. The van der Waals surface area contributed by atoms with Crippen molar-refractivity contribution in [2.45, 2.75) is 12.8 Å². The van der Waals surface area contributed by atoms with Gasteiger partial charge in [-0.05, 0) is 30.5 Å². The third-order valence-electron chi connectivity index (χ3n) is 4.10. The van der Waals surface area contributed by atoms with Crippen LogP contribution in [0.15, 0.2) is 30.6 Å². The standard InChI is InChI=1S/C16H14Cl2N4/c17-13-4-3-11-12(10-8-19-20-9-10)7-14(21-16(11)15(13)18)22-5-1-2-6-22/h3-4,7-9H,1-2,5-6H2,(H,19,20). The van der Waals surface area contributed by atoms with Gasteiger partial charge in [-0.25, -0.2) is 4.98 Å². The Morgan fingerprint density at radius 2 is 1.95 bits per heavy atom. The van der Waals surface area contributed by atoms with Crippen LogP contribution in [0.2, 0.25) is 10.0 Å². The fourth-order valence-corrected chi connectivity index (χ4v) is 3.33. The summed E-state index contributed by atoms with van der Waals surface area (Å²) in [6, 6.07) is 5.89. The molecule has 0 saturated carbocycles. The van der Waals surface area contributed by atoms with Crippen molar-refractivity contribution in [3.05, 3.63) is 40.6 Å². The van der Waals surface area contributed by atoms with Crippen LogP contribution >= 0.6 is 23.2 Å². The first kappa shape index (κ1) is 13.9. The van der Waals surface area contributed by atoms with Gasteiger partial charge in [0, 0.05) is 30.2 Å². The highest BCUT2D eigenvalue weighted by Gasteiger charge is 2.18. The van der Waals surface area contributed by atoms with Crippen LogP contribution in [-0.4, -0.2) is 28.3 Å². The second kappa shape index (κ2) is 5.45. The van der Waals surface area contributed by atoms with Gasteiger partial charge in [0.25, 0.3) is 0 Å². The molecule has 3 heterocycles. The van der Waals surface area contributed by atoms with Gasteiger partial charge in [-0.2, -0.15) is 5.10 Å². The molecule has 22 heavy (non-hydrogen) atoms. The Balaban J connectivity index is 2.01. The zero-order valence-corrected chi connectivity index (χ0v) is 13.3. The van der Waals surface area contributed by atoms with E-state index in [1.165, 1.54) is 12.8 Å². The van der Waals surface area contributed by atoms with E-state index in [9.17, 15) is 0 Å². The van der Waals surface area contributed by atoms with Crippen LogP contribution < -0.4 is 4.90 Å². The monoisotopic (exact) mass is 332 g/mol. The second-order valence-electron chi connectivity index (χ2n) is 5.47. The fraction of sp³-hybridized carbons (Fsp3) is 0.250. The first-order valence-corrected chi connectivity index (χ1v) is 8.02. The Morgan fingerprint density at radius 3 is 2.68 bits per heavy atom. The zero-order chi connectivity index (χ0) is 15.1. The highest BCUT2D eigenvalue weighted by molar-refractivity contribution is 6.45. The summed E-state index contributed by atoms with van der Waals surface area (Å²) in [6.45, 7) is 2.06. The van der Waals surface area contributed by atoms with Gasteiger partial charge in [0.1, 0.15) is 5.82 Å². The molecular formula is C16H14Cl2N4. The molecule has 1 N–H and O–H groups in total. The van der Waals surface area contributed by atoms with E-state index in [1.807, 2.05) is 24.5 Å². The van der Waals surface area contributed by atoms with E-state index in [0.717, 1.165) is 40.9 Å². The number of nitrogens with zero attached hydrogens (tertiary/aromatic N) is 3. The van der Waals surface area contributed by atoms with Crippen molar-refractivity contribution in [3.8, 4) is 11.1 Å². The number of benzene rings is 1. The molecule has 0 amide bonds. The summed E-state index contributed by atoms with van der Waals surface area (Å²) in [4.78, 5) is 7.06. The van der Waals surface area contributed by atoms with E-state index >= 15 is 0 Å². The predicted octanol–water partition coefficient (Wildman–Crippen LogP) is 4.53. The van der Waals surface area contributed by atoms with Crippen molar-refractivity contribution in [2.24, 2.45) is 0 Å². The zero-order valence-electron chi connectivity index (χ0n) is 11.8. The lowest BCUT2D eigenvalue weighted by Gasteiger charge is -2.19. The maximum absolute atomic E-state index is 6.40. The highest BCUT2D eigenvalue weighted by atomic mass is 35.5. The Kier molecular flexibility index (Phi) is 3.43. The number of hydrogen-bond donors (Lipinski definition) is 1. The van der Waals surface area contributed by atoms with E-state index in [1.54, 1.807) is 0 Å². The maximum Gasteiger partial charge on any atom is 0.129 e. The average Bonchev–Trinajstić information content (AvgIpc) is 3.23. The van der Waals surface area contributed by atoms with Crippen molar-refractivity contribution in [1.29, 1.82) is 0 Å². The minimum absolute atomic E-state index is 0.505. The second-order valence-corrected chi connectivity index (χ2v) is 6.25. The van der Waals surface area contributed by atoms with E-state index in [4.69, 9.17) is 28.2 Å². The van der Waals surface area contributed by atoms with Gasteiger partial charge in [-0.1, -0.05) is 29.3 Å². The largest absolute Gasteiger partial charge is 0.357 e. The first-order chi connectivity index (χ1) is 10.7. The molecule has 4 rings (SSSR count). The van der Waals surface area contributed by atoms with Gasteiger partial charge >= 0.3 is 0 Å². The molecule has 112 valence electrons. The lowest BCUT2D eigenvalue weighted by molar-refractivity contribution is 0.944. The summed E-state index contributed by atoms with van der Waals surface area (Å²) < 4.78 is 0. The van der Waals surface area contributed by atoms with Crippen LogP contribution in [0.1, 0.15) is 12.8 Å². The molecule has 0 atom stereocenters. The van der Waals surface area contributed by atoms with Crippen LogP contribution in [0.3, 0.4) is 0 Å². The van der Waals surface area contributed by atoms with Crippen molar-refractivity contribution in [2.75, 3.05) is 18.0 Å². The molecule has 1 aromatic carbocycles. The van der Waals surface area contributed by atoms with Crippen molar-refractivity contribution in [3.63, 3.8) is 0 Å². The minimum atomic E-state index is 0.505. The van der Waals surface area contributed by atoms with Gasteiger partial charge in [-0.3, -0.25) is 5.10 Å². The molecule has 0 unspecified atom stereocenters. The summed E-state index contributed by atoms with van der Waals surface area (Å²) in [5, 5.41) is 8.94. The molecule has 2 aromatic heterocycles. The van der Waals surface area contributed by atoms with Gasteiger partial charge in [0.2, 0.25) is 0 Å². The minimum Gasteiger partial charge on any atom is -0.357 e. The van der Waals surface area contributed by atoms with Crippen LogP contribution in [0.4, 0.5) is 5.82 Å². The Bertz CT molecular complexity index is 824. The first-order valence-electron chi connectivity index (χ1n) is 7.27. The molecule has 4 nitrogen and oxygen atoms in total. The summed E-state index contributed by atoms with van der Waals surface area (Å²) in [6.07, 6.45) is 6.09. The van der Waals surface area contributed by atoms with E-state index in [0.29, 0.717) is 10.0 Å². The Morgan fingerprint density at radius 1 is 1.14 bits per heavy atom. The lowest BCUT2D eigenvalue weighted by Crippen LogP contribution is -2.19. The van der Waals surface area contributed by atoms with E-state index in [2.05, 4.69) is 21.2 Å². The van der Waals surface area contributed by atoms with Crippen LogP contribution in [0.5, 0.6) is 0 Å². The van der Waals surface area contributed by atoms with Gasteiger partial charge in [0.15, 0.2) is 0 Å². The Hall–Kier alpha value is -1.78. The summed E-state index contributed by atoms with van der Waals surface area (Å²) >= 11 is 12.6. The molecular weight excluding hydrogens is 319 g/mol. The molecule has 1 aliphatic rings. The van der Waals surface area contributed by atoms with Crippen molar-refractivity contribution in [1.82, 2.24) is 15.2 Å². The number of halogens is 2. The number of rotatable bonds is 2. The molecule has 0 aliphatic carbocycles. The van der Waals surface area contributed by atoms with E-state index < -0.39 is 0 Å². The molecule has 0 spiro atoms. The summed E-state index contributed by atoms with van der Waals surface area (Å²) in [7, 11) is 0. The van der Waals surface area contributed by atoms with E-state index in [-0.39, 0.29) is 0 Å². The van der Waals surface area contributed by atoms with Crippen LogP contribution in [-0.2, 0) is 0 Å². The van der Waals surface area contributed by atoms with Gasteiger partial charge < -0.3 is 4.90 Å². The smallest absolute Gasteiger partial charge is 0.129 e. The number of aromatic amines is 1. The normalized spacial score (nSPS) is 14.9. The summed E-state index contributed by atoms with van der Waals surface area (Å²) in [5.74, 6) is 0.949. The topological polar surface area (TPSA) is 44.8 Å². The van der Waals surface area contributed by atoms with Crippen LogP contribution in [0, 0.1) is 0 Å². The predicted molar refractivity (Wildman–Crippen MR) is 90.8 cm³/mol. The van der Waals surface area contributed by atoms with Gasteiger partial charge in [-0.15, -0.1) is 0 Å². The van der Waals surface area contributed by atoms with Gasteiger partial charge in [0.05, 0.1) is 21.8 Å². The Labute approximate surface area is 138 Å². The molecule has 0 radical (unpaired) electrons. The average molecular weight is 333 g/mol. The number of H-pyrrole nitrogens is 1. The number of aromatic nitrogens is 3. The quantitative estimate of drug-likeness (QED) is 0.749. The number of hydrogen-bond acceptors (Lipinski definition) is 3. The summed E-state index contributed by atoms with van der Waals surface area (Å²) in [5.41, 5.74) is 2.83. The van der Waals surface area contributed by atoms with Crippen LogP contribution in [0.25, 0.3) is 22.0 Å². The highest BCUT2D eigenvalue weighted by Crippen LogP contribution is 2.37. The van der Waals surface area contributed by atoms with Crippen molar-refractivity contribution >= 4 is 39.9 Å². The molecule has 3 aromatic rings. The number of anilines is 1. The molecule has 1 saturated heterocycles. The SMILES string of the molecule is Clc1ccc2c(-c3cn[nH]c3)cc(N3CCCC3)nc2c1Cl.